The maximum absolute atomic E-state index is 12.9. The number of hydrogen-bond acceptors (Lipinski definition) is 5. The van der Waals surface area contributed by atoms with Gasteiger partial charge in [0.15, 0.2) is 16.8 Å². The molecule has 0 spiro atoms. The number of Topliss-reactive ketones (excluding diaryl/α,β-unsaturated/α-hetero) is 1. The minimum atomic E-state index is -0.352. The molecule has 1 aromatic heterocycles. The van der Waals surface area contributed by atoms with E-state index in [1.807, 2.05) is 36.6 Å². The monoisotopic (exact) mass is 420 g/mol. The van der Waals surface area contributed by atoms with E-state index in [4.69, 9.17) is 0 Å². The van der Waals surface area contributed by atoms with Gasteiger partial charge in [0.1, 0.15) is 0 Å². The molecule has 0 saturated carbocycles. The van der Waals surface area contributed by atoms with Crippen molar-refractivity contribution in [2.45, 2.75) is 37.7 Å². The number of hydrogen-bond donors (Lipinski definition) is 1. The number of aromatic nitrogens is 3. The molecule has 0 aliphatic carbocycles. The fourth-order valence-electron chi connectivity index (χ4n) is 3.03. The first-order chi connectivity index (χ1) is 14.4. The average molecular weight is 421 g/mol. The zero-order valence-corrected chi connectivity index (χ0v) is 18.1. The lowest BCUT2D eigenvalue weighted by molar-refractivity contribution is -0.114. The zero-order valence-electron chi connectivity index (χ0n) is 17.3. The first-order valence-electron chi connectivity index (χ1n) is 9.58. The van der Waals surface area contributed by atoms with Gasteiger partial charge in [0.05, 0.1) is 5.25 Å². The summed E-state index contributed by atoms with van der Waals surface area (Å²) in [6.07, 6.45) is 1.79. The lowest BCUT2D eigenvalue weighted by Gasteiger charge is -2.12. The predicted molar refractivity (Wildman–Crippen MR) is 121 cm³/mol. The van der Waals surface area contributed by atoms with Crippen LogP contribution in [0.3, 0.4) is 0 Å². The van der Waals surface area contributed by atoms with Crippen molar-refractivity contribution in [3.8, 4) is 11.4 Å². The Labute approximate surface area is 180 Å². The SMILES string of the molecule is C=CCn1c(SC(C)C(=O)c2ccc(NC(C)=O)cc2)nnc1-c1cccc(C)c1. The summed E-state index contributed by atoms with van der Waals surface area (Å²) in [5.74, 6) is 0.587. The number of ketones is 1. The largest absolute Gasteiger partial charge is 0.326 e. The van der Waals surface area contributed by atoms with Crippen LogP contribution in [0.2, 0.25) is 0 Å². The first-order valence-corrected chi connectivity index (χ1v) is 10.5. The Kier molecular flexibility index (Phi) is 6.84. The number of allylic oxidation sites excluding steroid dienone is 1. The number of aryl methyl sites for hydroxylation is 1. The molecule has 1 unspecified atom stereocenters. The standard InChI is InChI=1S/C23H24N4O2S/c1-5-13-27-22(19-8-6-7-15(2)14-19)25-26-23(27)30-16(3)21(29)18-9-11-20(12-10-18)24-17(4)28/h5-12,14,16H,1,13H2,2-4H3,(H,24,28). The van der Waals surface area contributed by atoms with Crippen molar-refractivity contribution in [1.29, 1.82) is 0 Å². The Bertz CT molecular complexity index is 1070. The van der Waals surface area contributed by atoms with E-state index in [2.05, 4.69) is 28.2 Å². The van der Waals surface area contributed by atoms with E-state index in [0.29, 0.717) is 23.0 Å². The van der Waals surface area contributed by atoms with E-state index in [1.54, 1.807) is 30.3 Å². The highest BCUT2D eigenvalue weighted by molar-refractivity contribution is 8.00. The molecule has 2 aromatic carbocycles. The summed E-state index contributed by atoms with van der Waals surface area (Å²) in [6.45, 7) is 9.72. The number of rotatable bonds is 8. The van der Waals surface area contributed by atoms with Gasteiger partial charge >= 0.3 is 0 Å². The summed E-state index contributed by atoms with van der Waals surface area (Å²) in [5, 5.41) is 11.7. The fourth-order valence-corrected chi connectivity index (χ4v) is 3.97. The van der Waals surface area contributed by atoms with Crippen LogP contribution in [-0.4, -0.2) is 31.7 Å². The summed E-state index contributed by atoms with van der Waals surface area (Å²) in [6, 6.07) is 15.0. The van der Waals surface area contributed by atoms with Crippen molar-refractivity contribution in [3.63, 3.8) is 0 Å². The molecule has 1 N–H and O–H groups in total. The van der Waals surface area contributed by atoms with Crippen LogP contribution in [0.1, 0.15) is 29.8 Å². The minimum absolute atomic E-state index is 0.0142. The molecule has 1 atom stereocenters. The van der Waals surface area contributed by atoms with Crippen LogP contribution in [-0.2, 0) is 11.3 Å². The third kappa shape index (κ3) is 5.04. The van der Waals surface area contributed by atoms with Crippen LogP contribution in [0.15, 0.2) is 66.3 Å². The summed E-state index contributed by atoms with van der Waals surface area (Å²) in [5.41, 5.74) is 3.36. The Morgan fingerprint density at radius 3 is 2.57 bits per heavy atom. The molecule has 30 heavy (non-hydrogen) atoms. The quantitative estimate of drug-likeness (QED) is 0.323. The van der Waals surface area contributed by atoms with Crippen LogP contribution < -0.4 is 5.32 Å². The second kappa shape index (κ2) is 9.54. The van der Waals surface area contributed by atoms with Gasteiger partial charge in [-0.15, -0.1) is 16.8 Å². The number of nitrogens with zero attached hydrogens (tertiary/aromatic N) is 3. The van der Waals surface area contributed by atoms with Crippen LogP contribution >= 0.6 is 11.8 Å². The van der Waals surface area contributed by atoms with Crippen LogP contribution in [0.25, 0.3) is 11.4 Å². The van der Waals surface area contributed by atoms with Gasteiger partial charge in [0.2, 0.25) is 5.91 Å². The number of anilines is 1. The minimum Gasteiger partial charge on any atom is -0.326 e. The van der Waals surface area contributed by atoms with Gasteiger partial charge in [0.25, 0.3) is 0 Å². The second-order valence-electron chi connectivity index (χ2n) is 6.96. The number of benzene rings is 2. The molecule has 0 aliphatic heterocycles. The molecular weight excluding hydrogens is 396 g/mol. The summed E-state index contributed by atoms with van der Waals surface area (Å²) in [7, 11) is 0. The Morgan fingerprint density at radius 2 is 1.93 bits per heavy atom. The van der Waals surface area contributed by atoms with Gasteiger partial charge < -0.3 is 5.32 Å². The zero-order chi connectivity index (χ0) is 21.7. The smallest absolute Gasteiger partial charge is 0.221 e. The highest BCUT2D eigenvalue weighted by Gasteiger charge is 2.21. The summed E-state index contributed by atoms with van der Waals surface area (Å²) < 4.78 is 1.97. The van der Waals surface area contributed by atoms with Crippen molar-refractivity contribution < 1.29 is 9.59 Å². The highest BCUT2D eigenvalue weighted by Crippen LogP contribution is 2.29. The molecule has 0 radical (unpaired) electrons. The molecule has 0 saturated heterocycles. The maximum Gasteiger partial charge on any atom is 0.221 e. The molecule has 1 heterocycles. The van der Waals surface area contributed by atoms with E-state index in [9.17, 15) is 9.59 Å². The number of carbonyl (C=O) groups excluding carboxylic acids is 2. The summed E-state index contributed by atoms with van der Waals surface area (Å²) >= 11 is 1.37. The van der Waals surface area contributed by atoms with Gasteiger partial charge in [-0.05, 0) is 44.2 Å². The van der Waals surface area contributed by atoms with E-state index in [-0.39, 0.29) is 16.9 Å². The number of nitrogens with one attached hydrogen (secondary N) is 1. The van der Waals surface area contributed by atoms with Crippen molar-refractivity contribution >= 4 is 29.1 Å². The molecule has 154 valence electrons. The normalized spacial score (nSPS) is 11.7. The van der Waals surface area contributed by atoms with E-state index >= 15 is 0 Å². The molecule has 0 bridgehead atoms. The Balaban J connectivity index is 1.80. The van der Waals surface area contributed by atoms with E-state index in [0.717, 1.165) is 17.0 Å². The van der Waals surface area contributed by atoms with Gasteiger partial charge in [-0.2, -0.15) is 0 Å². The van der Waals surface area contributed by atoms with Crippen molar-refractivity contribution in [2.24, 2.45) is 0 Å². The van der Waals surface area contributed by atoms with Gasteiger partial charge in [-0.25, -0.2) is 0 Å². The van der Waals surface area contributed by atoms with Crippen molar-refractivity contribution in [1.82, 2.24) is 14.8 Å². The molecule has 0 fully saturated rings. The van der Waals surface area contributed by atoms with Gasteiger partial charge in [0, 0.05) is 30.3 Å². The van der Waals surface area contributed by atoms with E-state index in [1.165, 1.54) is 18.7 Å². The Morgan fingerprint density at radius 1 is 1.20 bits per heavy atom. The van der Waals surface area contributed by atoms with Crippen LogP contribution in [0, 0.1) is 6.92 Å². The van der Waals surface area contributed by atoms with E-state index < -0.39 is 0 Å². The third-order valence-electron chi connectivity index (χ3n) is 4.45. The van der Waals surface area contributed by atoms with Crippen molar-refractivity contribution in [2.75, 3.05) is 5.32 Å². The highest BCUT2D eigenvalue weighted by atomic mass is 32.2. The summed E-state index contributed by atoms with van der Waals surface area (Å²) in [4.78, 5) is 24.0. The molecule has 7 heteroatoms. The first kappa shape index (κ1) is 21.5. The predicted octanol–water partition coefficient (Wildman–Crippen LogP) is 4.76. The van der Waals surface area contributed by atoms with Crippen molar-refractivity contribution in [3.05, 3.63) is 72.3 Å². The molecular formula is C23H24N4O2S. The maximum atomic E-state index is 12.9. The number of thioether (sulfide) groups is 1. The fraction of sp³-hybridized carbons (Fsp3) is 0.217. The number of carbonyl (C=O) groups is 2. The number of amides is 1. The molecule has 1 amide bonds. The average Bonchev–Trinajstić information content (AvgIpc) is 3.10. The van der Waals surface area contributed by atoms with Crippen LogP contribution in [0.5, 0.6) is 0 Å². The molecule has 0 aliphatic rings. The Hall–Kier alpha value is -3.19. The lowest BCUT2D eigenvalue weighted by Crippen LogP contribution is -2.15. The van der Waals surface area contributed by atoms with Gasteiger partial charge in [-0.1, -0.05) is 41.6 Å². The third-order valence-corrected chi connectivity index (χ3v) is 5.53. The lowest BCUT2D eigenvalue weighted by atomic mass is 10.1. The topological polar surface area (TPSA) is 76.9 Å². The second-order valence-corrected chi connectivity index (χ2v) is 8.27. The molecule has 3 rings (SSSR count). The van der Waals surface area contributed by atoms with Crippen LogP contribution in [0.4, 0.5) is 5.69 Å². The van der Waals surface area contributed by atoms with Gasteiger partial charge in [-0.3, -0.25) is 14.2 Å². The molecule has 6 nitrogen and oxygen atoms in total. The molecule has 3 aromatic rings.